The van der Waals surface area contributed by atoms with Crippen LogP contribution in [-0.2, 0) is 22.5 Å². The highest BCUT2D eigenvalue weighted by atomic mass is 35.5. The van der Waals surface area contributed by atoms with Gasteiger partial charge in [0, 0.05) is 36.0 Å². The minimum absolute atomic E-state index is 0.0717. The Morgan fingerprint density at radius 2 is 1.79 bits per heavy atom. The summed E-state index contributed by atoms with van der Waals surface area (Å²) in [6, 6.07) is 6.47. The van der Waals surface area contributed by atoms with Crippen molar-refractivity contribution >= 4 is 33.0 Å². The van der Waals surface area contributed by atoms with E-state index in [1.165, 1.54) is 41.4 Å². The Bertz CT molecular complexity index is 1470. The van der Waals surface area contributed by atoms with Crippen LogP contribution in [0.2, 0.25) is 5.28 Å². The highest BCUT2D eigenvalue weighted by Crippen LogP contribution is 2.42. The molecule has 0 aliphatic heterocycles. The van der Waals surface area contributed by atoms with Gasteiger partial charge in [-0.15, -0.1) is 11.3 Å². The Hall–Kier alpha value is -2.73. The number of aryl methyl sites for hydroxylation is 1. The third-order valence-electron chi connectivity index (χ3n) is 4.75. The van der Waals surface area contributed by atoms with E-state index in [0.29, 0.717) is 16.3 Å². The summed E-state index contributed by atoms with van der Waals surface area (Å²) in [4.78, 5) is 17.6. The van der Waals surface area contributed by atoms with Gasteiger partial charge in [0.2, 0.25) is 10.4 Å². The second-order valence-corrected chi connectivity index (χ2v) is 11.2. The lowest BCUT2D eigenvalue weighted by Gasteiger charge is -2.13. The van der Waals surface area contributed by atoms with E-state index in [4.69, 9.17) is 21.7 Å². The van der Waals surface area contributed by atoms with Crippen LogP contribution in [0.3, 0.4) is 0 Å². The molecule has 2 N–H and O–H groups in total. The molecule has 0 aliphatic carbocycles. The summed E-state index contributed by atoms with van der Waals surface area (Å²) in [6.45, 7) is 6.05. The van der Waals surface area contributed by atoms with Crippen LogP contribution in [0.15, 0.2) is 41.8 Å². The van der Waals surface area contributed by atoms with E-state index >= 15 is 4.39 Å². The van der Waals surface area contributed by atoms with Gasteiger partial charge in [-0.05, 0) is 29.8 Å². The Kier molecular flexibility index (Phi) is 5.85. The molecule has 12 heteroatoms. The van der Waals surface area contributed by atoms with Gasteiger partial charge in [-0.3, -0.25) is 0 Å². The van der Waals surface area contributed by atoms with E-state index in [2.05, 4.69) is 15.0 Å². The normalized spacial score (nSPS) is 12.3. The lowest BCUT2D eigenvalue weighted by molar-refractivity contribution is 0.580. The van der Waals surface area contributed by atoms with Crippen LogP contribution in [-0.4, -0.2) is 32.9 Å². The molecule has 0 saturated carbocycles. The van der Waals surface area contributed by atoms with Crippen LogP contribution in [0.5, 0.6) is 0 Å². The predicted octanol–water partition coefficient (Wildman–Crippen LogP) is 4.41. The summed E-state index contributed by atoms with van der Waals surface area (Å²) in [5.74, 6) is -0.594. The molecule has 4 rings (SSSR count). The number of thiazole rings is 1. The number of nitrogens with two attached hydrogens (primary N) is 1. The van der Waals surface area contributed by atoms with Gasteiger partial charge in [-0.25, -0.2) is 37.9 Å². The van der Waals surface area contributed by atoms with Crippen molar-refractivity contribution in [2.24, 2.45) is 12.2 Å². The van der Waals surface area contributed by atoms with E-state index in [1.807, 2.05) is 20.8 Å². The SMILES string of the molecule is Cn1cc(-c2cccc(-c3nc(C(C)(C)C)sc3-c3ccnc(Cl)n3)c2F)nc1S(N)(=O)=O. The van der Waals surface area contributed by atoms with Crippen LogP contribution in [0.25, 0.3) is 33.1 Å². The molecule has 0 spiro atoms. The number of hydrogen-bond acceptors (Lipinski definition) is 7. The average molecular weight is 507 g/mol. The summed E-state index contributed by atoms with van der Waals surface area (Å²) < 4.78 is 40.6. The summed E-state index contributed by atoms with van der Waals surface area (Å²) in [5, 5.41) is 5.72. The number of rotatable bonds is 4. The molecule has 33 heavy (non-hydrogen) atoms. The van der Waals surface area contributed by atoms with E-state index in [9.17, 15) is 8.42 Å². The summed E-state index contributed by atoms with van der Waals surface area (Å²) in [6.07, 6.45) is 2.94. The zero-order chi connectivity index (χ0) is 24.1. The van der Waals surface area contributed by atoms with Crippen LogP contribution in [0.1, 0.15) is 25.8 Å². The molecule has 8 nitrogen and oxygen atoms in total. The maximum atomic E-state index is 15.8. The van der Waals surface area contributed by atoms with E-state index in [0.717, 1.165) is 5.01 Å². The molecule has 0 fully saturated rings. The van der Waals surface area contributed by atoms with Gasteiger partial charge in [0.05, 0.1) is 27.0 Å². The lowest BCUT2D eigenvalue weighted by Crippen LogP contribution is -2.16. The number of hydrogen-bond donors (Lipinski definition) is 1. The monoisotopic (exact) mass is 506 g/mol. The van der Waals surface area contributed by atoms with Crippen molar-refractivity contribution in [2.75, 3.05) is 0 Å². The molecular weight excluding hydrogens is 487 g/mol. The average Bonchev–Trinajstić information content (AvgIpc) is 3.32. The fourth-order valence-corrected chi connectivity index (χ4v) is 5.15. The third-order valence-corrected chi connectivity index (χ3v) is 7.32. The maximum absolute atomic E-state index is 15.8. The second kappa shape index (κ2) is 8.24. The van der Waals surface area contributed by atoms with Gasteiger partial charge < -0.3 is 4.57 Å². The summed E-state index contributed by atoms with van der Waals surface area (Å²) >= 11 is 7.40. The zero-order valence-electron chi connectivity index (χ0n) is 18.2. The number of sulfonamides is 1. The molecule has 0 amide bonds. The Morgan fingerprint density at radius 3 is 2.39 bits per heavy atom. The minimum Gasteiger partial charge on any atom is -0.323 e. The smallest absolute Gasteiger partial charge is 0.272 e. The van der Waals surface area contributed by atoms with Gasteiger partial charge in [-0.2, -0.15) is 0 Å². The van der Waals surface area contributed by atoms with Crippen molar-refractivity contribution in [3.8, 4) is 33.1 Å². The lowest BCUT2D eigenvalue weighted by atomic mass is 9.98. The van der Waals surface area contributed by atoms with Crippen LogP contribution < -0.4 is 5.14 Å². The minimum atomic E-state index is -4.06. The number of imidazole rings is 1. The molecule has 0 atom stereocenters. The first-order chi connectivity index (χ1) is 15.4. The standard InChI is InChI=1S/C21H20ClFN6O2S2/c1-21(2,3)18-28-16(17(32-18)13-8-9-25-19(22)26-13)12-7-5-6-11(15(12)23)14-10-29(4)20(27-14)33(24,30)31/h5-10H,1-4H3,(H2,24,30,31). The molecule has 0 radical (unpaired) electrons. The van der Waals surface area contributed by atoms with Gasteiger partial charge in [0.15, 0.2) is 0 Å². The van der Waals surface area contributed by atoms with E-state index in [1.54, 1.807) is 18.2 Å². The van der Waals surface area contributed by atoms with Crippen LogP contribution in [0, 0.1) is 5.82 Å². The first-order valence-corrected chi connectivity index (χ1v) is 12.5. The molecule has 3 heterocycles. The highest BCUT2D eigenvalue weighted by molar-refractivity contribution is 7.89. The Balaban J connectivity index is 1.93. The molecular formula is C21H20ClFN6O2S2. The molecule has 0 bridgehead atoms. The van der Waals surface area contributed by atoms with Crippen LogP contribution in [0.4, 0.5) is 4.39 Å². The molecule has 172 valence electrons. The molecule has 0 aliphatic rings. The van der Waals surface area contributed by atoms with Crippen molar-refractivity contribution in [2.45, 2.75) is 31.3 Å². The van der Waals surface area contributed by atoms with Crippen LogP contribution >= 0.6 is 22.9 Å². The fraction of sp³-hybridized carbons (Fsp3) is 0.238. The number of primary sulfonamides is 1. The molecule has 0 saturated heterocycles. The first-order valence-electron chi connectivity index (χ1n) is 9.72. The number of benzene rings is 1. The van der Waals surface area contributed by atoms with Gasteiger partial charge in [0.1, 0.15) is 5.82 Å². The maximum Gasteiger partial charge on any atom is 0.272 e. The zero-order valence-corrected chi connectivity index (χ0v) is 20.6. The number of aromatic nitrogens is 5. The summed E-state index contributed by atoms with van der Waals surface area (Å²) in [7, 11) is -2.59. The van der Waals surface area contributed by atoms with Crippen molar-refractivity contribution in [3.05, 3.63) is 52.8 Å². The van der Waals surface area contributed by atoms with Crippen molar-refractivity contribution in [1.29, 1.82) is 0 Å². The number of nitrogens with zero attached hydrogens (tertiary/aromatic N) is 5. The topological polar surface area (TPSA) is 117 Å². The second-order valence-electron chi connectivity index (χ2n) is 8.39. The van der Waals surface area contributed by atoms with Gasteiger partial charge in [0.25, 0.3) is 10.0 Å². The molecule has 0 unspecified atom stereocenters. The van der Waals surface area contributed by atoms with Gasteiger partial charge >= 0.3 is 0 Å². The van der Waals surface area contributed by atoms with Crippen molar-refractivity contribution < 1.29 is 12.8 Å². The summed E-state index contributed by atoms with van der Waals surface area (Å²) in [5.41, 5.74) is 1.13. The number of halogens is 2. The van der Waals surface area contributed by atoms with Crippen molar-refractivity contribution in [3.63, 3.8) is 0 Å². The van der Waals surface area contributed by atoms with E-state index in [-0.39, 0.29) is 32.7 Å². The molecule has 3 aromatic heterocycles. The molecule has 1 aromatic carbocycles. The highest BCUT2D eigenvalue weighted by Gasteiger charge is 2.27. The quantitative estimate of drug-likeness (QED) is 0.410. The van der Waals surface area contributed by atoms with E-state index < -0.39 is 15.8 Å². The first kappa shape index (κ1) is 23.4. The van der Waals surface area contributed by atoms with Gasteiger partial charge in [-0.1, -0.05) is 26.8 Å². The Morgan fingerprint density at radius 1 is 1.09 bits per heavy atom. The third kappa shape index (κ3) is 4.54. The largest absolute Gasteiger partial charge is 0.323 e. The van der Waals surface area contributed by atoms with Crippen molar-refractivity contribution in [1.82, 2.24) is 24.5 Å². The predicted molar refractivity (Wildman–Crippen MR) is 126 cm³/mol. The Labute approximate surface area is 199 Å². The fourth-order valence-electron chi connectivity index (χ4n) is 3.21. The molecule has 4 aromatic rings.